The molecular weight excluding hydrogens is 272 g/mol. The molecule has 2 atom stereocenters. The molecule has 0 radical (unpaired) electrons. The van der Waals surface area contributed by atoms with Crippen LogP contribution in [0.4, 0.5) is 0 Å². The van der Waals surface area contributed by atoms with Crippen molar-refractivity contribution in [2.24, 2.45) is 5.92 Å². The number of hydrogen-bond acceptors (Lipinski definition) is 4. The third-order valence-corrected chi connectivity index (χ3v) is 4.39. The maximum absolute atomic E-state index is 12.4. The SMILES string of the molecule is CCCN(CC(=O)N1CCCCC1)C1COCC1C(=O)O. The molecule has 0 aromatic carbocycles. The Kier molecular flexibility index (Phi) is 5.99. The van der Waals surface area contributed by atoms with E-state index in [1.165, 1.54) is 6.42 Å². The monoisotopic (exact) mass is 298 g/mol. The minimum atomic E-state index is -0.830. The molecule has 2 aliphatic heterocycles. The van der Waals surface area contributed by atoms with Gasteiger partial charge in [0.15, 0.2) is 0 Å². The molecule has 0 bridgehead atoms. The normalized spacial score (nSPS) is 26.3. The molecule has 0 aromatic heterocycles. The topological polar surface area (TPSA) is 70.1 Å². The van der Waals surface area contributed by atoms with Gasteiger partial charge in [-0.25, -0.2) is 0 Å². The van der Waals surface area contributed by atoms with Gasteiger partial charge >= 0.3 is 5.97 Å². The number of ether oxygens (including phenoxy) is 1. The van der Waals surface area contributed by atoms with Gasteiger partial charge in [-0.05, 0) is 32.2 Å². The molecule has 2 saturated heterocycles. The van der Waals surface area contributed by atoms with Gasteiger partial charge in [0.2, 0.25) is 5.91 Å². The van der Waals surface area contributed by atoms with E-state index in [9.17, 15) is 14.7 Å². The van der Waals surface area contributed by atoms with E-state index in [1.807, 2.05) is 16.7 Å². The van der Waals surface area contributed by atoms with Crippen molar-refractivity contribution in [2.75, 3.05) is 39.4 Å². The lowest BCUT2D eigenvalue weighted by atomic mass is 10.0. The largest absolute Gasteiger partial charge is 0.481 e. The van der Waals surface area contributed by atoms with Gasteiger partial charge in [-0.1, -0.05) is 6.92 Å². The molecule has 21 heavy (non-hydrogen) atoms. The van der Waals surface area contributed by atoms with Crippen LogP contribution < -0.4 is 0 Å². The van der Waals surface area contributed by atoms with Crippen molar-refractivity contribution in [1.29, 1.82) is 0 Å². The van der Waals surface area contributed by atoms with E-state index < -0.39 is 11.9 Å². The lowest BCUT2D eigenvalue weighted by Crippen LogP contribution is -2.49. The van der Waals surface area contributed by atoms with Crippen molar-refractivity contribution < 1.29 is 19.4 Å². The van der Waals surface area contributed by atoms with Crippen LogP contribution in [0.5, 0.6) is 0 Å². The second-order valence-electron chi connectivity index (χ2n) is 5.96. The van der Waals surface area contributed by atoms with Gasteiger partial charge < -0.3 is 14.7 Å². The second-order valence-corrected chi connectivity index (χ2v) is 5.96. The zero-order chi connectivity index (χ0) is 15.2. The average molecular weight is 298 g/mol. The first-order valence-electron chi connectivity index (χ1n) is 7.96. The van der Waals surface area contributed by atoms with Crippen LogP contribution in [0, 0.1) is 5.92 Å². The van der Waals surface area contributed by atoms with E-state index in [0.717, 1.165) is 38.9 Å². The Balaban J connectivity index is 1.97. The summed E-state index contributed by atoms with van der Waals surface area (Å²) in [6.45, 7) is 5.42. The number of carbonyl (C=O) groups is 2. The highest BCUT2D eigenvalue weighted by atomic mass is 16.5. The zero-order valence-corrected chi connectivity index (χ0v) is 12.8. The van der Waals surface area contributed by atoms with Crippen LogP contribution >= 0.6 is 0 Å². The molecule has 2 rings (SSSR count). The Labute approximate surface area is 126 Å². The smallest absolute Gasteiger partial charge is 0.310 e. The van der Waals surface area contributed by atoms with Crippen LogP contribution in [0.25, 0.3) is 0 Å². The number of carboxylic acids is 1. The fourth-order valence-corrected chi connectivity index (χ4v) is 3.21. The van der Waals surface area contributed by atoms with Gasteiger partial charge in [-0.3, -0.25) is 14.5 Å². The van der Waals surface area contributed by atoms with Gasteiger partial charge in [0.25, 0.3) is 0 Å². The lowest BCUT2D eigenvalue weighted by Gasteiger charge is -2.33. The van der Waals surface area contributed by atoms with Crippen molar-refractivity contribution >= 4 is 11.9 Å². The van der Waals surface area contributed by atoms with Crippen molar-refractivity contribution in [1.82, 2.24) is 9.80 Å². The predicted octanol–water partition coefficient (Wildman–Crippen LogP) is 0.810. The van der Waals surface area contributed by atoms with Crippen molar-refractivity contribution in [3.8, 4) is 0 Å². The Morgan fingerprint density at radius 1 is 1.24 bits per heavy atom. The third-order valence-electron chi connectivity index (χ3n) is 4.39. The number of piperidine rings is 1. The molecule has 0 aromatic rings. The standard InChI is InChI=1S/C15H26N2O4/c1-2-6-17(13-11-21-10-12(13)15(19)20)9-14(18)16-7-4-3-5-8-16/h12-13H,2-11H2,1H3,(H,19,20). The highest BCUT2D eigenvalue weighted by molar-refractivity contribution is 5.78. The molecule has 0 saturated carbocycles. The summed E-state index contributed by atoms with van der Waals surface area (Å²) in [7, 11) is 0. The van der Waals surface area contributed by atoms with Gasteiger partial charge in [-0.2, -0.15) is 0 Å². The molecule has 6 nitrogen and oxygen atoms in total. The maximum Gasteiger partial charge on any atom is 0.310 e. The Morgan fingerprint density at radius 3 is 2.57 bits per heavy atom. The molecule has 2 unspecified atom stereocenters. The van der Waals surface area contributed by atoms with Gasteiger partial charge in [0.1, 0.15) is 0 Å². The maximum atomic E-state index is 12.4. The quantitative estimate of drug-likeness (QED) is 0.786. The number of hydrogen-bond donors (Lipinski definition) is 1. The molecule has 0 spiro atoms. The van der Waals surface area contributed by atoms with Crippen LogP contribution in [-0.4, -0.2) is 72.2 Å². The predicted molar refractivity (Wildman–Crippen MR) is 78.0 cm³/mol. The summed E-state index contributed by atoms with van der Waals surface area (Å²) in [5.41, 5.74) is 0. The summed E-state index contributed by atoms with van der Waals surface area (Å²) in [4.78, 5) is 27.6. The lowest BCUT2D eigenvalue weighted by molar-refractivity contribution is -0.144. The molecule has 2 fully saturated rings. The summed E-state index contributed by atoms with van der Waals surface area (Å²) < 4.78 is 5.34. The number of amides is 1. The van der Waals surface area contributed by atoms with E-state index in [-0.39, 0.29) is 18.6 Å². The highest BCUT2D eigenvalue weighted by Gasteiger charge is 2.38. The van der Waals surface area contributed by atoms with E-state index in [1.54, 1.807) is 0 Å². The minimum absolute atomic E-state index is 0.124. The van der Waals surface area contributed by atoms with Crippen LogP contribution in [0.3, 0.4) is 0 Å². The highest BCUT2D eigenvalue weighted by Crippen LogP contribution is 2.21. The van der Waals surface area contributed by atoms with E-state index in [0.29, 0.717) is 13.2 Å². The first-order valence-corrected chi connectivity index (χ1v) is 7.96. The van der Waals surface area contributed by atoms with Crippen molar-refractivity contribution in [2.45, 2.75) is 38.6 Å². The molecule has 2 aliphatic rings. The van der Waals surface area contributed by atoms with E-state index in [2.05, 4.69) is 0 Å². The molecule has 0 aliphatic carbocycles. The van der Waals surface area contributed by atoms with E-state index in [4.69, 9.17) is 4.74 Å². The van der Waals surface area contributed by atoms with Crippen molar-refractivity contribution in [3.63, 3.8) is 0 Å². The summed E-state index contributed by atoms with van der Waals surface area (Å²) in [6.07, 6.45) is 4.24. The van der Waals surface area contributed by atoms with Crippen molar-refractivity contribution in [3.05, 3.63) is 0 Å². The summed E-state index contributed by atoms with van der Waals surface area (Å²) in [5.74, 6) is -1.23. The van der Waals surface area contributed by atoms with Gasteiger partial charge in [-0.15, -0.1) is 0 Å². The fraction of sp³-hybridized carbons (Fsp3) is 0.867. The number of aliphatic carboxylic acids is 1. The first kappa shape index (κ1) is 16.2. The summed E-state index contributed by atoms with van der Waals surface area (Å²) in [6, 6.07) is -0.184. The molecule has 1 N–H and O–H groups in total. The Morgan fingerprint density at radius 2 is 1.95 bits per heavy atom. The molecular formula is C15H26N2O4. The number of carbonyl (C=O) groups excluding carboxylic acids is 1. The molecule has 120 valence electrons. The Bertz CT molecular complexity index is 369. The van der Waals surface area contributed by atoms with Crippen LogP contribution in [0.1, 0.15) is 32.6 Å². The summed E-state index contributed by atoms with van der Waals surface area (Å²) in [5, 5.41) is 9.28. The van der Waals surface area contributed by atoms with Crippen LogP contribution in [0.2, 0.25) is 0 Å². The van der Waals surface area contributed by atoms with Gasteiger partial charge in [0.05, 0.1) is 25.7 Å². The van der Waals surface area contributed by atoms with Crippen LogP contribution in [0.15, 0.2) is 0 Å². The Hall–Kier alpha value is -1.14. The number of carboxylic acid groups (broad SMARTS) is 1. The number of rotatable bonds is 6. The fourth-order valence-electron chi connectivity index (χ4n) is 3.21. The minimum Gasteiger partial charge on any atom is -0.481 e. The van der Waals surface area contributed by atoms with Crippen LogP contribution in [-0.2, 0) is 14.3 Å². The molecule has 2 heterocycles. The average Bonchev–Trinajstić information content (AvgIpc) is 2.97. The first-order chi connectivity index (χ1) is 10.1. The third kappa shape index (κ3) is 4.17. The van der Waals surface area contributed by atoms with Gasteiger partial charge in [0, 0.05) is 19.1 Å². The summed E-state index contributed by atoms with van der Waals surface area (Å²) >= 11 is 0. The van der Waals surface area contributed by atoms with E-state index >= 15 is 0 Å². The molecule has 1 amide bonds. The zero-order valence-electron chi connectivity index (χ0n) is 12.8. The molecule has 6 heteroatoms. The number of likely N-dealkylation sites (tertiary alicyclic amines) is 1. The second kappa shape index (κ2) is 7.75. The number of nitrogens with zero attached hydrogens (tertiary/aromatic N) is 2.